The minimum atomic E-state index is -1.01. The van der Waals surface area contributed by atoms with Crippen LogP contribution in [0.2, 0.25) is 0 Å². The Bertz CT molecular complexity index is 707. The van der Waals surface area contributed by atoms with Gasteiger partial charge in [0.25, 0.3) is 0 Å². The van der Waals surface area contributed by atoms with Gasteiger partial charge >= 0.3 is 11.7 Å². The fraction of sp³-hybridized carbons (Fsp3) is 0. The lowest BCUT2D eigenvalue weighted by atomic mass is 10.2. The molecule has 0 aliphatic carbocycles. The van der Waals surface area contributed by atoms with Crippen LogP contribution in [0.25, 0.3) is 0 Å². The molecule has 2 rings (SSSR count). The molecule has 0 radical (unpaired) electrons. The highest BCUT2D eigenvalue weighted by Gasteiger charge is 2.15. The first kappa shape index (κ1) is 14.2. The maximum atomic E-state index is 13.1. The van der Waals surface area contributed by atoms with Gasteiger partial charge in [0.1, 0.15) is 0 Å². The van der Waals surface area contributed by atoms with Crippen LogP contribution in [0.3, 0.4) is 0 Å². The lowest BCUT2D eigenvalue weighted by Crippen LogP contribution is -2.20. The molecule has 0 aliphatic rings. The van der Waals surface area contributed by atoms with Crippen LogP contribution >= 0.6 is 0 Å². The molecule has 0 fully saturated rings. The van der Waals surface area contributed by atoms with Crippen molar-refractivity contribution in [2.45, 2.75) is 0 Å². The Morgan fingerprint density at radius 1 is 1.33 bits per heavy atom. The van der Waals surface area contributed by atoms with Crippen molar-refractivity contribution in [1.29, 1.82) is 0 Å². The lowest BCUT2D eigenvalue weighted by Gasteiger charge is -2.08. The van der Waals surface area contributed by atoms with Gasteiger partial charge in [-0.25, -0.2) is 9.78 Å². The normalized spacial score (nSPS) is 9.95. The highest BCUT2D eigenvalue weighted by Crippen LogP contribution is 2.22. The van der Waals surface area contributed by atoms with Gasteiger partial charge in [-0.1, -0.05) is 0 Å². The summed E-state index contributed by atoms with van der Waals surface area (Å²) < 4.78 is 13.1. The predicted octanol–water partition coefficient (Wildman–Crippen LogP) is 2.48. The number of carbonyl (C=O) groups excluding carboxylic acids is 1. The predicted molar refractivity (Wildman–Crippen MR) is 71.6 cm³/mol. The van der Waals surface area contributed by atoms with Crippen LogP contribution < -0.4 is 10.6 Å². The van der Waals surface area contributed by atoms with Crippen molar-refractivity contribution in [3.8, 4) is 5.75 Å². The quantitative estimate of drug-likeness (QED) is 0.593. The topological polar surface area (TPSA) is 117 Å². The minimum Gasteiger partial charge on any atom is -0.504 e. The molecule has 1 aromatic heterocycles. The van der Waals surface area contributed by atoms with Crippen LogP contribution in [-0.4, -0.2) is 21.0 Å². The number of nitrogens with zero attached hydrogens (tertiary/aromatic N) is 2. The zero-order chi connectivity index (χ0) is 15.4. The molecule has 0 saturated heterocycles. The smallest absolute Gasteiger partial charge is 0.324 e. The Kier molecular flexibility index (Phi) is 3.93. The first-order chi connectivity index (χ1) is 9.97. The summed E-state index contributed by atoms with van der Waals surface area (Å²) in [7, 11) is 0. The molecule has 3 N–H and O–H groups in total. The van der Waals surface area contributed by atoms with Crippen molar-refractivity contribution in [3.63, 3.8) is 0 Å². The number of anilines is 2. The van der Waals surface area contributed by atoms with Crippen molar-refractivity contribution < 1.29 is 19.2 Å². The maximum Gasteiger partial charge on any atom is 0.324 e. The highest BCUT2D eigenvalue weighted by molar-refractivity contribution is 6.00. The molecule has 21 heavy (non-hydrogen) atoms. The second-order valence-electron chi connectivity index (χ2n) is 3.87. The molecule has 0 aliphatic heterocycles. The van der Waals surface area contributed by atoms with Crippen LogP contribution in [-0.2, 0) is 0 Å². The monoisotopic (exact) mass is 292 g/mol. The van der Waals surface area contributed by atoms with E-state index < -0.39 is 22.5 Å². The van der Waals surface area contributed by atoms with Crippen molar-refractivity contribution >= 4 is 23.2 Å². The van der Waals surface area contributed by atoms with Crippen LogP contribution in [0.5, 0.6) is 5.75 Å². The van der Waals surface area contributed by atoms with Crippen molar-refractivity contribution in [1.82, 2.24) is 4.98 Å². The number of nitro groups is 1. The molecule has 0 atom stereocenters. The average Bonchev–Trinajstić information content (AvgIpc) is 2.43. The van der Waals surface area contributed by atoms with Gasteiger partial charge in [0.05, 0.1) is 4.92 Å². The Balaban J connectivity index is 2.12. The number of carbonyl (C=O) groups is 1. The number of aromatic hydroxyl groups is 1. The molecule has 0 spiro atoms. The second-order valence-corrected chi connectivity index (χ2v) is 3.87. The Hall–Kier alpha value is -3.23. The van der Waals surface area contributed by atoms with E-state index in [0.29, 0.717) is 0 Å². The van der Waals surface area contributed by atoms with E-state index >= 15 is 0 Å². The van der Waals surface area contributed by atoms with Crippen LogP contribution in [0.15, 0.2) is 36.5 Å². The van der Waals surface area contributed by atoms with E-state index in [1.165, 1.54) is 24.4 Å². The van der Waals surface area contributed by atoms with Crippen LogP contribution in [0.4, 0.5) is 26.4 Å². The molecular weight excluding hydrogens is 283 g/mol. The van der Waals surface area contributed by atoms with Gasteiger partial charge in [-0.2, -0.15) is 4.39 Å². The van der Waals surface area contributed by atoms with Gasteiger partial charge in [0, 0.05) is 18.0 Å². The van der Waals surface area contributed by atoms with E-state index in [4.69, 9.17) is 0 Å². The molecule has 0 saturated carbocycles. The summed E-state index contributed by atoms with van der Waals surface area (Å²) in [5.74, 6) is -1.32. The Morgan fingerprint density at radius 3 is 2.76 bits per heavy atom. The standard InChI is InChI=1S/C12H9FN4O4/c13-8-4-3-7(6-9(8)17(20)21)15-12(19)16-11-10(18)2-1-5-14-11/h1-6,18H,(H2,14,15,16,19). The van der Waals surface area contributed by atoms with Crippen molar-refractivity contribution in [2.75, 3.05) is 10.6 Å². The summed E-state index contributed by atoms with van der Waals surface area (Å²) in [5, 5.41) is 24.5. The molecule has 0 bridgehead atoms. The van der Waals surface area contributed by atoms with Gasteiger partial charge in [-0.15, -0.1) is 0 Å². The Labute approximate surface area is 117 Å². The first-order valence-electron chi connectivity index (χ1n) is 5.63. The average molecular weight is 292 g/mol. The molecule has 8 nitrogen and oxygen atoms in total. The molecule has 1 aromatic carbocycles. The number of nitrogens with one attached hydrogen (secondary N) is 2. The number of amides is 2. The number of urea groups is 1. The van der Waals surface area contributed by atoms with E-state index in [1.807, 2.05) is 0 Å². The molecule has 108 valence electrons. The van der Waals surface area contributed by atoms with E-state index in [0.717, 1.165) is 12.1 Å². The molecule has 2 amide bonds. The summed E-state index contributed by atoms with van der Waals surface area (Å²) in [6.07, 6.45) is 1.36. The van der Waals surface area contributed by atoms with Gasteiger partial charge in [-0.3, -0.25) is 15.4 Å². The third kappa shape index (κ3) is 3.41. The lowest BCUT2D eigenvalue weighted by molar-refractivity contribution is -0.387. The zero-order valence-electron chi connectivity index (χ0n) is 10.4. The van der Waals surface area contributed by atoms with Gasteiger partial charge in [0.15, 0.2) is 11.6 Å². The SMILES string of the molecule is O=C(Nc1ccc(F)c([N+](=O)[O-])c1)Nc1ncccc1O. The number of rotatable bonds is 3. The zero-order valence-corrected chi connectivity index (χ0v) is 10.4. The molecule has 1 heterocycles. The van der Waals surface area contributed by atoms with Gasteiger partial charge in [0.2, 0.25) is 5.82 Å². The Morgan fingerprint density at radius 2 is 2.10 bits per heavy atom. The third-order valence-corrected chi connectivity index (χ3v) is 2.42. The number of hydrogen-bond acceptors (Lipinski definition) is 5. The molecule has 0 unspecified atom stereocenters. The summed E-state index contributed by atoms with van der Waals surface area (Å²) in [6.45, 7) is 0. The second kappa shape index (κ2) is 5.82. The van der Waals surface area contributed by atoms with E-state index in [2.05, 4.69) is 15.6 Å². The highest BCUT2D eigenvalue weighted by atomic mass is 19.1. The first-order valence-corrected chi connectivity index (χ1v) is 5.63. The summed E-state index contributed by atoms with van der Waals surface area (Å²) >= 11 is 0. The summed E-state index contributed by atoms with van der Waals surface area (Å²) in [4.78, 5) is 25.1. The number of pyridine rings is 1. The third-order valence-electron chi connectivity index (χ3n) is 2.42. The molecule has 2 aromatic rings. The number of halogens is 1. The van der Waals surface area contributed by atoms with Crippen LogP contribution in [0.1, 0.15) is 0 Å². The van der Waals surface area contributed by atoms with Crippen LogP contribution in [0, 0.1) is 15.9 Å². The minimum absolute atomic E-state index is 0.0241. The largest absolute Gasteiger partial charge is 0.504 e. The van der Waals surface area contributed by atoms with Crippen molar-refractivity contribution in [3.05, 3.63) is 52.5 Å². The maximum absolute atomic E-state index is 13.1. The number of hydrogen-bond donors (Lipinski definition) is 3. The van der Waals surface area contributed by atoms with E-state index in [-0.39, 0.29) is 17.3 Å². The molecule has 9 heteroatoms. The van der Waals surface area contributed by atoms with Crippen molar-refractivity contribution in [2.24, 2.45) is 0 Å². The summed E-state index contributed by atoms with van der Waals surface area (Å²) in [5.41, 5.74) is -0.732. The number of aromatic nitrogens is 1. The number of benzene rings is 1. The molecular formula is C12H9FN4O4. The summed E-state index contributed by atoms with van der Waals surface area (Å²) in [6, 6.07) is 4.93. The number of nitro benzene ring substituents is 1. The fourth-order valence-electron chi connectivity index (χ4n) is 1.49. The fourth-order valence-corrected chi connectivity index (χ4v) is 1.49. The van der Waals surface area contributed by atoms with E-state index in [9.17, 15) is 24.4 Å². The van der Waals surface area contributed by atoms with Gasteiger partial charge < -0.3 is 10.4 Å². The van der Waals surface area contributed by atoms with E-state index in [1.54, 1.807) is 0 Å². The van der Waals surface area contributed by atoms with Gasteiger partial charge in [-0.05, 0) is 24.3 Å².